The highest BCUT2D eigenvalue weighted by Crippen LogP contribution is 2.42. The van der Waals surface area contributed by atoms with Crippen molar-refractivity contribution in [3.8, 4) is 0 Å². The van der Waals surface area contributed by atoms with Gasteiger partial charge in [0.2, 0.25) is 0 Å². The van der Waals surface area contributed by atoms with E-state index in [0.717, 1.165) is 22.3 Å². The Morgan fingerprint density at radius 3 is 2.79 bits per heavy atom. The van der Waals surface area contributed by atoms with Crippen molar-refractivity contribution >= 4 is 44.5 Å². The summed E-state index contributed by atoms with van der Waals surface area (Å²) in [6.07, 6.45) is -4.56. The van der Waals surface area contributed by atoms with Gasteiger partial charge in [-0.25, -0.2) is 4.98 Å². The highest BCUT2D eigenvalue weighted by atomic mass is 32.1. The van der Waals surface area contributed by atoms with E-state index < -0.39 is 17.6 Å². The van der Waals surface area contributed by atoms with Crippen LogP contribution in [0.3, 0.4) is 0 Å². The van der Waals surface area contributed by atoms with Gasteiger partial charge >= 0.3 is 6.18 Å². The summed E-state index contributed by atoms with van der Waals surface area (Å²) in [5.41, 5.74) is 5.03. The van der Waals surface area contributed by atoms with Gasteiger partial charge in [-0.05, 0) is 24.4 Å². The smallest absolute Gasteiger partial charge is 0.397 e. The lowest BCUT2D eigenvalue weighted by Crippen LogP contribution is -2.22. The first kappa shape index (κ1) is 16.7. The van der Waals surface area contributed by atoms with Crippen molar-refractivity contribution in [2.24, 2.45) is 0 Å². The molecule has 0 radical (unpaired) electrons. The molecule has 126 valence electrons. The Bertz CT molecular complexity index is 901. The van der Waals surface area contributed by atoms with Gasteiger partial charge in [0, 0.05) is 16.0 Å². The number of anilines is 1. The first-order valence-electron chi connectivity index (χ1n) is 6.84. The number of halogens is 3. The molecule has 0 unspecified atom stereocenters. The van der Waals surface area contributed by atoms with Crippen LogP contribution >= 0.6 is 22.7 Å². The maximum Gasteiger partial charge on any atom is 0.417 e. The molecule has 0 aliphatic carbocycles. The van der Waals surface area contributed by atoms with Crippen LogP contribution in [0.4, 0.5) is 18.9 Å². The molecule has 0 aliphatic rings. The lowest BCUT2D eigenvalue weighted by molar-refractivity contribution is -0.136. The van der Waals surface area contributed by atoms with Crippen molar-refractivity contribution in [1.82, 2.24) is 10.3 Å². The molecule has 4 nitrogen and oxygen atoms in total. The number of nitrogens with two attached hydrogens (primary N) is 1. The van der Waals surface area contributed by atoms with E-state index >= 15 is 0 Å². The maximum atomic E-state index is 13.2. The molecule has 24 heavy (non-hydrogen) atoms. The van der Waals surface area contributed by atoms with E-state index in [0.29, 0.717) is 6.54 Å². The average molecular weight is 371 g/mol. The van der Waals surface area contributed by atoms with Gasteiger partial charge in [0.1, 0.15) is 9.71 Å². The summed E-state index contributed by atoms with van der Waals surface area (Å²) < 4.78 is 39.7. The molecule has 0 aromatic carbocycles. The SMILES string of the molecule is Cc1cc(C(F)(F)F)c2c(N)c(C(=O)NCc3cccs3)sc2n1. The van der Waals surface area contributed by atoms with Crippen molar-refractivity contribution in [3.63, 3.8) is 0 Å². The van der Waals surface area contributed by atoms with E-state index in [1.54, 1.807) is 0 Å². The van der Waals surface area contributed by atoms with Gasteiger partial charge in [-0.3, -0.25) is 4.79 Å². The number of nitrogens with one attached hydrogen (secondary N) is 1. The largest absolute Gasteiger partial charge is 0.417 e. The van der Waals surface area contributed by atoms with Gasteiger partial charge in [-0.15, -0.1) is 22.7 Å². The van der Waals surface area contributed by atoms with Crippen molar-refractivity contribution < 1.29 is 18.0 Å². The molecule has 1 amide bonds. The van der Waals surface area contributed by atoms with Crippen molar-refractivity contribution in [3.05, 3.63) is 44.6 Å². The predicted molar refractivity (Wildman–Crippen MR) is 89.3 cm³/mol. The lowest BCUT2D eigenvalue weighted by Gasteiger charge is -2.09. The number of thiophene rings is 2. The molecule has 3 aromatic rings. The highest BCUT2D eigenvalue weighted by molar-refractivity contribution is 7.21. The summed E-state index contributed by atoms with van der Waals surface area (Å²) in [6.45, 7) is 1.77. The molecule has 0 spiro atoms. The van der Waals surface area contributed by atoms with Crippen LogP contribution in [0.15, 0.2) is 23.6 Å². The summed E-state index contributed by atoms with van der Waals surface area (Å²) in [5.74, 6) is -0.505. The summed E-state index contributed by atoms with van der Waals surface area (Å²) >= 11 is 2.34. The van der Waals surface area contributed by atoms with Crippen LogP contribution in [0.25, 0.3) is 10.2 Å². The number of amides is 1. The summed E-state index contributed by atoms with van der Waals surface area (Å²) in [5, 5.41) is 4.33. The minimum atomic E-state index is -4.56. The molecule has 0 saturated carbocycles. The standard InChI is InChI=1S/C15H12F3N3OS2/c1-7-5-9(15(16,17)18)10-11(19)12(24-14(10)21-7)13(22)20-6-8-3-2-4-23-8/h2-5H,6,19H2,1H3,(H,20,22). The van der Waals surface area contributed by atoms with Crippen LogP contribution < -0.4 is 11.1 Å². The Balaban J connectivity index is 2.00. The topological polar surface area (TPSA) is 68.0 Å². The molecule has 3 rings (SSSR count). The number of carbonyl (C=O) groups excluding carboxylic acids is 1. The molecule has 3 aromatic heterocycles. The minimum absolute atomic E-state index is 0.0464. The maximum absolute atomic E-state index is 13.2. The van der Waals surface area contributed by atoms with Crippen LogP contribution in [0, 0.1) is 6.92 Å². The average Bonchev–Trinajstić information content (AvgIpc) is 3.11. The number of aromatic nitrogens is 1. The number of rotatable bonds is 3. The second-order valence-corrected chi connectivity index (χ2v) is 7.13. The number of alkyl halides is 3. The minimum Gasteiger partial charge on any atom is -0.397 e. The number of carbonyl (C=O) groups is 1. The number of pyridine rings is 1. The Labute approximate surface area is 143 Å². The zero-order valence-corrected chi connectivity index (χ0v) is 14.0. The Hall–Kier alpha value is -2.13. The normalized spacial score (nSPS) is 11.8. The molecular weight excluding hydrogens is 359 g/mol. The van der Waals surface area contributed by atoms with Crippen LogP contribution in [0.2, 0.25) is 0 Å². The van der Waals surface area contributed by atoms with Gasteiger partial charge in [-0.1, -0.05) is 6.07 Å². The Morgan fingerprint density at radius 1 is 1.42 bits per heavy atom. The van der Waals surface area contributed by atoms with E-state index in [1.165, 1.54) is 18.3 Å². The van der Waals surface area contributed by atoms with Crippen molar-refractivity contribution in [2.75, 3.05) is 5.73 Å². The second-order valence-electron chi connectivity index (χ2n) is 5.10. The number of aryl methyl sites for hydroxylation is 1. The fourth-order valence-corrected chi connectivity index (χ4v) is 4.02. The third kappa shape index (κ3) is 3.09. The fourth-order valence-electron chi connectivity index (χ4n) is 2.30. The first-order chi connectivity index (χ1) is 11.3. The van der Waals surface area contributed by atoms with E-state index in [1.807, 2.05) is 17.5 Å². The third-order valence-corrected chi connectivity index (χ3v) is 5.32. The summed E-state index contributed by atoms with van der Waals surface area (Å²) in [7, 11) is 0. The van der Waals surface area contributed by atoms with Gasteiger partial charge in [0.15, 0.2) is 0 Å². The van der Waals surface area contributed by atoms with E-state index in [-0.39, 0.29) is 26.5 Å². The molecule has 0 bridgehead atoms. The molecule has 0 saturated heterocycles. The van der Waals surface area contributed by atoms with E-state index in [9.17, 15) is 18.0 Å². The molecular formula is C15H12F3N3OS2. The summed E-state index contributed by atoms with van der Waals surface area (Å²) in [4.78, 5) is 17.5. The van der Waals surface area contributed by atoms with E-state index in [4.69, 9.17) is 5.73 Å². The number of fused-ring (bicyclic) bond motifs is 1. The third-order valence-electron chi connectivity index (χ3n) is 3.34. The first-order valence-corrected chi connectivity index (χ1v) is 8.54. The Morgan fingerprint density at radius 2 is 2.17 bits per heavy atom. The van der Waals surface area contributed by atoms with Crippen LogP contribution in [-0.4, -0.2) is 10.9 Å². The van der Waals surface area contributed by atoms with E-state index in [2.05, 4.69) is 10.3 Å². The number of hydrogen-bond acceptors (Lipinski definition) is 5. The molecule has 9 heteroatoms. The second kappa shape index (κ2) is 6.06. The van der Waals surface area contributed by atoms with Crippen LogP contribution in [0.1, 0.15) is 25.8 Å². The van der Waals surface area contributed by atoms with Crippen molar-refractivity contribution in [1.29, 1.82) is 0 Å². The molecule has 0 atom stereocenters. The van der Waals surface area contributed by atoms with Crippen molar-refractivity contribution in [2.45, 2.75) is 19.6 Å². The van der Waals surface area contributed by atoms with Crippen LogP contribution in [-0.2, 0) is 12.7 Å². The zero-order chi connectivity index (χ0) is 17.5. The molecule has 0 aliphatic heterocycles. The zero-order valence-electron chi connectivity index (χ0n) is 12.4. The lowest BCUT2D eigenvalue weighted by atomic mass is 10.1. The van der Waals surface area contributed by atoms with Gasteiger partial charge < -0.3 is 11.1 Å². The monoisotopic (exact) mass is 371 g/mol. The molecule has 3 N–H and O–H groups in total. The number of hydrogen-bond donors (Lipinski definition) is 2. The van der Waals surface area contributed by atoms with Crippen LogP contribution in [0.5, 0.6) is 0 Å². The molecule has 3 heterocycles. The predicted octanol–water partition coefficient (Wildman–Crippen LogP) is 4.20. The highest BCUT2D eigenvalue weighted by Gasteiger charge is 2.35. The van der Waals surface area contributed by atoms with Gasteiger partial charge in [-0.2, -0.15) is 13.2 Å². The molecule has 0 fully saturated rings. The number of nitrogens with zero attached hydrogens (tertiary/aromatic N) is 1. The Kier molecular flexibility index (Phi) is 4.22. The van der Waals surface area contributed by atoms with Gasteiger partial charge in [0.25, 0.3) is 5.91 Å². The fraction of sp³-hybridized carbons (Fsp3) is 0.200. The number of nitrogen functional groups attached to an aromatic ring is 1. The summed E-state index contributed by atoms with van der Waals surface area (Å²) in [6, 6.07) is 4.65. The quantitative estimate of drug-likeness (QED) is 0.725. The van der Waals surface area contributed by atoms with Gasteiger partial charge in [0.05, 0.1) is 17.8 Å².